The summed E-state index contributed by atoms with van der Waals surface area (Å²) >= 11 is 0. The maximum absolute atomic E-state index is 12.4. The number of aryl methyl sites for hydroxylation is 7. The second-order valence-electron chi connectivity index (χ2n) is 23.0. The van der Waals surface area contributed by atoms with Crippen molar-refractivity contribution in [3.8, 4) is 44.6 Å². The van der Waals surface area contributed by atoms with Crippen LogP contribution in [0.2, 0.25) is 0 Å². The fourth-order valence-electron chi connectivity index (χ4n) is 10.3. The van der Waals surface area contributed by atoms with Crippen LogP contribution in [0.25, 0.3) is 66.8 Å². The van der Waals surface area contributed by atoms with Crippen LogP contribution >= 0.6 is 0 Å². The molecule has 4 aromatic carbocycles. The summed E-state index contributed by atoms with van der Waals surface area (Å²) in [6.45, 7) is 26.6. The van der Waals surface area contributed by atoms with Gasteiger partial charge in [-0.05, 0) is 132 Å². The van der Waals surface area contributed by atoms with Gasteiger partial charge in [-0.15, -0.1) is 60.7 Å². The van der Waals surface area contributed by atoms with Crippen LogP contribution in [-0.2, 0) is 91.3 Å². The van der Waals surface area contributed by atoms with Crippen LogP contribution in [0.3, 0.4) is 0 Å². The van der Waals surface area contributed by atoms with Crippen molar-refractivity contribution in [3.05, 3.63) is 287 Å². The quantitative estimate of drug-likeness (QED) is 0.161. The molecule has 12 aromatic rings. The van der Waals surface area contributed by atoms with Crippen LogP contribution in [0, 0.1) is 73.3 Å². The van der Waals surface area contributed by atoms with E-state index in [0.717, 1.165) is 89.0 Å². The normalized spacial score (nSPS) is 10.9. The van der Waals surface area contributed by atoms with Gasteiger partial charge in [-0.3, -0.25) is 4.98 Å². The van der Waals surface area contributed by atoms with Gasteiger partial charge in [0.2, 0.25) is 0 Å². The van der Waals surface area contributed by atoms with Crippen molar-refractivity contribution in [2.24, 2.45) is 0 Å². The number of rotatable bonds is 4. The molecular formula is C72H67Ir4N7O4-4. The van der Waals surface area contributed by atoms with Crippen molar-refractivity contribution in [2.75, 3.05) is 0 Å². The smallest absolute Gasteiger partial charge is 0.268 e. The molecule has 0 atom stereocenters. The molecule has 8 aromatic heterocycles. The molecule has 11 nitrogen and oxygen atoms in total. The van der Waals surface area contributed by atoms with Gasteiger partial charge in [-0.1, -0.05) is 192 Å². The van der Waals surface area contributed by atoms with Gasteiger partial charge in [-0.2, -0.15) is 0 Å². The summed E-state index contributed by atoms with van der Waals surface area (Å²) in [5, 5.41) is 0. The summed E-state index contributed by atoms with van der Waals surface area (Å²) in [6, 6.07) is 55.1. The van der Waals surface area contributed by atoms with E-state index >= 15 is 0 Å². The molecule has 87 heavy (non-hydrogen) atoms. The molecular weight excluding hydrogens is 1800 g/mol. The molecule has 4 radical (unpaired) electrons. The average molecular weight is 1860 g/mol. The first-order valence-corrected chi connectivity index (χ1v) is 27.6. The average Bonchev–Trinajstić information content (AvgIpc) is 1.27. The van der Waals surface area contributed by atoms with Gasteiger partial charge in [0.05, 0.1) is 11.3 Å². The van der Waals surface area contributed by atoms with E-state index < -0.39 is 0 Å². The topological polar surface area (TPSA) is 125 Å². The molecule has 0 amide bonds. The fraction of sp³-hybridized carbons (Fsp3) is 0.208. The molecule has 15 heteroatoms. The molecule has 0 fully saturated rings. The van der Waals surface area contributed by atoms with E-state index in [1.54, 1.807) is 33.1 Å². The zero-order valence-electron chi connectivity index (χ0n) is 50.8. The summed E-state index contributed by atoms with van der Waals surface area (Å²) < 4.78 is 6.01. The van der Waals surface area contributed by atoms with Crippen LogP contribution in [0.1, 0.15) is 91.9 Å². The van der Waals surface area contributed by atoms with Gasteiger partial charge in [0, 0.05) is 91.4 Å². The van der Waals surface area contributed by atoms with Gasteiger partial charge < -0.3 is 36.8 Å². The third kappa shape index (κ3) is 15.8. The van der Waals surface area contributed by atoms with Gasteiger partial charge in [-0.25, -0.2) is 9.97 Å². The van der Waals surface area contributed by atoms with E-state index in [1.165, 1.54) is 25.5 Å². The van der Waals surface area contributed by atoms with Gasteiger partial charge in [0.15, 0.2) is 11.1 Å². The Kier molecular flexibility index (Phi) is 24.2. The zero-order valence-corrected chi connectivity index (χ0v) is 60.3. The van der Waals surface area contributed by atoms with Crippen molar-refractivity contribution < 1.29 is 80.4 Å². The van der Waals surface area contributed by atoms with Crippen LogP contribution in [0.4, 0.5) is 0 Å². The standard InChI is InChI=1S/C19H20N3O.C19H18NO.C18H16NO.C16H13N2O.4Ir/c1-12-8-6-9-13(2)15(12)14-10-7-11-22-16(14)20-17(19(3,4)5)21-18(22)23;1-19(2,3)16-12-17-11-15(14-7-5-4-6-8-14)9-10-20(17)18(21)13-16;1-12-7-6-8-13(2)17(12)15-11-14(3)18(20)19-10-5-4-9-16(15)19;1-11-6-5-7-12(2)15(11)14-10-13-8-3-4-9-18(13)16(19)17-14;;;;/h6-10H,1-5H3;4-9,11-13H,1-3H3;4-9,11H,1-3H3;3-8,10H,1-2H3;;;;/q4*-1;;;;. The van der Waals surface area contributed by atoms with Crippen LogP contribution in [-0.4, -0.2) is 32.6 Å². The fourth-order valence-corrected chi connectivity index (χ4v) is 10.3. The van der Waals surface area contributed by atoms with Crippen LogP contribution in [0.5, 0.6) is 0 Å². The predicted octanol–water partition coefficient (Wildman–Crippen LogP) is 14.0. The zero-order chi connectivity index (χ0) is 59.5. The Morgan fingerprint density at radius 1 is 0.391 bits per heavy atom. The minimum absolute atomic E-state index is 0. The van der Waals surface area contributed by atoms with E-state index in [2.05, 4.69) is 137 Å². The summed E-state index contributed by atoms with van der Waals surface area (Å²) in [5.41, 5.74) is 19.3. The molecule has 0 spiro atoms. The molecule has 0 saturated carbocycles. The third-order valence-electron chi connectivity index (χ3n) is 14.6. The number of hydrogen-bond donors (Lipinski definition) is 0. The maximum atomic E-state index is 12.4. The maximum Gasteiger partial charge on any atom is 0.268 e. The molecule has 0 unspecified atom stereocenters. The third-order valence-corrected chi connectivity index (χ3v) is 14.6. The number of hydrogen-bond acceptors (Lipinski definition) is 7. The molecule has 0 N–H and O–H groups in total. The van der Waals surface area contributed by atoms with Crippen molar-refractivity contribution in [2.45, 2.75) is 101 Å². The number of pyridine rings is 6. The minimum Gasteiger partial charge on any atom is -0.405 e. The predicted molar refractivity (Wildman–Crippen MR) is 336 cm³/mol. The van der Waals surface area contributed by atoms with E-state index in [0.29, 0.717) is 11.5 Å². The first-order valence-electron chi connectivity index (χ1n) is 27.6. The number of aromatic nitrogens is 7. The van der Waals surface area contributed by atoms with Crippen molar-refractivity contribution >= 4 is 22.2 Å². The Bertz CT molecular complexity index is 4610. The molecule has 12 rings (SSSR count). The van der Waals surface area contributed by atoms with E-state index in [4.69, 9.17) is 0 Å². The Balaban J connectivity index is 0.000000209. The second kappa shape index (κ2) is 29.8. The number of fused-ring (bicyclic) bond motifs is 4. The molecule has 454 valence electrons. The second-order valence-corrected chi connectivity index (χ2v) is 23.0. The molecule has 0 aliphatic heterocycles. The Hall–Kier alpha value is -7.01. The molecule has 0 aliphatic carbocycles. The minimum atomic E-state index is -0.340. The van der Waals surface area contributed by atoms with Gasteiger partial charge in [0.25, 0.3) is 11.4 Å². The van der Waals surface area contributed by atoms with Crippen molar-refractivity contribution in [3.63, 3.8) is 0 Å². The van der Waals surface area contributed by atoms with Crippen LogP contribution in [0.15, 0.2) is 189 Å². The summed E-state index contributed by atoms with van der Waals surface area (Å²) in [7, 11) is 0. The van der Waals surface area contributed by atoms with Gasteiger partial charge >= 0.3 is 0 Å². The van der Waals surface area contributed by atoms with Gasteiger partial charge in [0.1, 0.15) is 5.82 Å². The first kappa shape index (κ1) is 70.7. The van der Waals surface area contributed by atoms with E-state index in [1.807, 2.05) is 139 Å². The summed E-state index contributed by atoms with van der Waals surface area (Å²) in [5.74, 6) is 0.551. The van der Waals surface area contributed by atoms with Crippen molar-refractivity contribution in [1.82, 2.24) is 32.6 Å². The van der Waals surface area contributed by atoms with Crippen LogP contribution < -0.4 is 22.5 Å². The SMILES string of the molecule is CC(C)(C)c1cc(=O)n2[c-]cc(-c3ccccc3)cc2c1.Cc1cccc(C)c1-c1cc(C)c(=O)n2[c-]cccc12.Cc1cccc(C)c1-c1cc2ccc[c-]n2c(=O)n1.Cc1cccc(C)c1-c1cc[c-]n2c(=O)nc(C(C)(C)C)nc12.[Ir].[Ir].[Ir].[Ir]. The van der Waals surface area contributed by atoms with E-state index in [-0.39, 0.29) is 114 Å². The molecule has 8 heterocycles. The Morgan fingerprint density at radius 2 is 0.920 bits per heavy atom. The molecule has 0 saturated heterocycles. The summed E-state index contributed by atoms with van der Waals surface area (Å²) in [4.78, 5) is 61.8. The molecule has 0 bridgehead atoms. The van der Waals surface area contributed by atoms with Crippen molar-refractivity contribution in [1.29, 1.82) is 0 Å². The monoisotopic (exact) mass is 1870 g/mol. The number of nitrogens with zero attached hydrogens (tertiary/aromatic N) is 7. The number of benzene rings is 4. The first-order chi connectivity index (χ1) is 39.5. The Labute approximate surface area is 562 Å². The Morgan fingerprint density at radius 3 is 1.49 bits per heavy atom. The largest absolute Gasteiger partial charge is 0.405 e. The summed E-state index contributed by atoms with van der Waals surface area (Å²) in [6.07, 6.45) is 11.9. The van der Waals surface area contributed by atoms with E-state index in [9.17, 15) is 19.2 Å². The molecule has 0 aliphatic rings.